The van der Waals surface area contributed by atoms with Crippen molar-refractivity contribution in [2.75, 3.05) is 13.7 Å². The van der Waals surface area contributed by atoms with E-state index in [0.717, 1.165) is 32.1 Å². The Kier molecular flexibility index (Phi) is 13.6. The predicted molar refractivity (Wildman–Crippen MR) is 74.4 cm³/mol. The number of aliphatic hydroxyl groups excluding tert-OH is 1. The third kappa shape index (κ3) is 13.2. The first-order chi connectivity index (χ1) is 8.81. The summed E-state index contributed by atoms with van der Waals surface area (Å²) >= 11 is 0. The molecule has 0 heterocycles. The Labute approximate surface area is 111 Å². The fraction of sp³-hybridized carbons (Fsp3) is 0.800. The van der Waals surface area contributed by atoms with E-state index in [-0.39, 0.29) is 5.97 Å². The van der Waals surface area contributed by atoms with Crippen molar-refractivity contribution in [2.45, 2.75) is 64.2 Å². The first-order valence-corrected chi connectivity index (χ1v) is 7.14. The van der Waals surface area contributed by atoms with Crippen molar-refractivity contribution in [3.05, 3.63) is 12.2 Å². The van der Waals surface area contributed by atoms with Gasteiger partial charge < -0.3 is 9.84 Å². The van der Waals surface area contributed by atoms with Gasteiger partial charge in [-0.1, -0.05) is 37.8 Å². The second-order valence-electron chi connectivity index (χ2n) is 4.57. The largest absolute Gasteiger partial charge is 0.469 e. The Morgan fingerprint density at radius 1 is 0.944 bits per heavy atom. The van der Waals surface area contributed by atoms with Crippen molar-refractivity contribution in [3.8, 4) is 0 Å². The van der Waals surface area contributed by atoms with Gasteiger partial charge in [-0.2, -0.15) is 0 Å². The van der Waals surface area contributed by atoms with E-state index in [2.05, 4.69) is 16.9 Å². The van der Waals surface area contributed by atoms with Crippen LogP contribution in [-0.4, -0.2) is 24.8 Å². The molecule has 0 unspecified atom stereocenters. The van der Waals surface area contributed by atoms with E-state index in [0.29, 0.717) is 13.0 Å². The quantitative estimate of drug-likeness (QED) is 0.329. The topological polar surface area (TPSA) is 46.5 Å². The van der Waals surface area contributed by atoms with E-state index < -0.39 is 0 Å². The van der Waals surface area contributed by atoms with Gasteiger partial charge in [0.05, 0.1) is 7.11 Å². The zero-order valence-electron chi connectivity index (χ0n) is 11.7. The van der Waals surface area contributed by atoms with Gasteiger partial charge in [0.25, 0.3) is 0 Å². The Morgan fingerprint density at radius 3 is 2.11 bits per heavy atom. The highest BCUT2D eigenvalue weighted by Crippen LogP contribution is 2.08. The van der Waals surface area contributed by atoms with Crippen LogP contribution in [0.1, 0.15) is 64.2 Å². The van der Waals surface area contributed by atoms with Crippen LogP contribution in [0.4, 0.5) is 0 Å². The van der Waals surface area contributed by atoms with Gasteiger partial charge in [0.1, 0.15) is 0 Å². The SMILES string of the molecule is COC(=O)CCC/C=C/CCCCCCCCO. The molecule has 0 saturated heterocycles. The van der Waals surface area contributed by atoms with E-state index in [4.69, 9.17) is 5.11 Å². The summed E-state index contributed by atoms with van der Waals surface area (Å²) in [6.07, 6.45) is 15.0. The van der Waals surface area contributed by atoms with Crippen LogP contribution in [0.2, 0.25) is 0 Å². The number of aliphatic hydroxyl groups is 1. The monoisotopic (exact) mass is 256 g/mol. The summed E-state index contributed by atoms with van der Waals surface area (Å²) in [6.45, 7) is 0.328. The van der Waals surface area contributed by atoms with Crippen LogP contribution in [0.3, 0.4) is 0 Å². The Morgan fingerprint density at radius 2 is 1.50 bits per heavy atom. The fourth-order valence-corrected chi connectivity index (χ4v) is 1.78. The highest BCUT2D eigenvalue weighted by Gasteiger charge is 1.96. The number of carbonyl (C=O) groups excluding carboxylic acids is 1. The third-order valence-corrected chi connectivity index (χ3v) is 2.92. The van der Waals surface area contributed by atoms with Gasteiger partial charge in [0.15, 0.2) is 0 Å². The lowest BCUT2D eigenvalue weighted by Gasteiger charge is -1.99. The van der Waals surface area contributed by atoms with E-state index in [1.807, 2.05) is 0 Å². The summed E-state index contributed by atoms with van der Waals surface area (Å²) in [5.41, 5.74) is 0. The number of rotatable bonds is 12. The lowest BCUT2D eigenvalue weighted by molar-refractivity contribution is -0.140. The van der Waals surface area contributed by atoms with Gasteiger partial charge in [0, 0.05) is 13.0 Å². The number of methoxy groups -OCH3 is 1. The molecule has 0 aliphatic rings. The number of esters is 1. The highest BCUT2D eigenvalue weighted by molar-refractivity contribution is 5.68. The van der Waals surface area contributed by atoms with Gasteiger partial charge in [0.2, 0.25) is 0 Å². The zero-order chi connectivity index (χ0) is 13.5. The number of hydrogen-bond donors (Lipinski definition) is 1. The molecule has 18 heavy (non-hydrogen) atoms. The molecule has 0 aromatic heterocycles. The summed E-state index contributed by atoms with van der Waals surface area (Å²) in [4.78, 5) is 10.8. The summed E-state index contributed by atoms with van der Waals surface area (Å²) in [5, 5.41) is 8.62. The molecular weight excluding hydrogens is 228 g/mol. The molecular formula is C15H28O3. The molecule has 0 atom stereocenters. The van der Waals surface area contributed by atoms with Crippen LogP contribution in [0.5, 0.6) is 0 Å². The van der Waals surface area contributed by atoms with E-state index in [1.165, 1.54) is 32.8 Å². The van der Waals surface area contributed by atoms with Gasteiger partial charge in [-0.25, -0.2) is 0 Å². The first-order valence-electron chi connectivity index (χ1n) is 7.14. The molecule has 0 aliphatic carbocycles. The van der Waals surface area contributed by atoms with Crippen molar-refractivity contribution < 1.29 is 14.6 Å². The molecule has 3 heteroatoms. The van der Waals surface area contributed by atoms with Gasteiger partial charge >= 0.3 is 5.97 Å². The summed E-state index contributed by atoms with van der Waals surface area (Å²) < 4.78 is 4.57. The number of hydrogen-bond acceptors (Lipinski definition) is 3. The number of ether oxygens (including phenoxy) is 1. The average molecular weight is 256 g/mol. The second kappa shape index (κ2) is 14.2. The van der Waals surface area contributed by atoms with Crippen LogP contribution < -0.4 is 0 Å². The molecule has 0 aliphatic heterocycles. The predicted octanol–water partition coefficient (Wildman–Crippen LogP) is 3.61. The first kappa shape index (κ1) is 17.2. The Hall–Kier alpha value is -0.830. The van der Waals surface area contributed by atoms with Crippen molar-refractivity contribution in [2.24, 2.45) is 0 Å². The molecule has 106 valence electrons. The van der Waals surface area contributed by atoms with E-state index in [1.54, 1.807) is 0 Å². The highest BCUT2D eigenvalue weighted by atomic mass is 16.5. The molecule has 3 nitrogen and oxygen atoms in total. The maximum absolute atomic E-state index is 10.8. The lowest BCUT2D eigenvalue weighted by atomic mass is 10.1. The number of allylic oxidation sites excluding steroid dienone is 2. The molecule has 0 bridgehead atoms. The lowest BCUT2D eigenvalue weighted by Crippen LogP contribution is -1.98. The maximum Gasteiger partial charge on any atom is 0.305 e. The van der Waals surface area contributed by atoms with Crippen molar-refractivity contribution in [1.29, 1.82) is 0 Å². The van der Waals surface area contributed by atoms with Crippen LogP contribution in [-0.2, 0) is 9.53 Å². The van der Waals surface area contributed by atoms with Crippen LogP contribution in [0.15, 0.2) is 12.2 Å². The van der Waals surface area contributed by atoms with Crippen molar-refractivity contribution in [1.82, 2.24) is 0 Å². The minimum absolute atomic E-state index is 0.119. The minimum atomic E-state index is -0.119. The van der Waals surface area contributed by atoms with Crippen LogP contribution >= 0.6 is 0 Å². The van der Waals surface area contributed by atoms with E-state index >= 15 is 0 Å². The van der Waals surface area contributed by atoms with Gasteiger partial charge in [-0.05, 0) is 32.1 Å². The normalized spacial score (nSPS) is 11.0. The second-order valence-corrected chi connectivity index (χ2v) is 4.57. The van der Waals surface area contributed by atoms with Crippen LogP contribution in [0.25, 0.3) is 0 Å². The summed E-state index contributed by atoms with van der Waals surface area (Å²) in [6, 6.07) is 0. The molecule has 0 amide bonds. The molecule has 0 saturated carbocycles. The van der Waals surface area contributed by atoms with Crippen LogP contribution in [0, 0.1) is 0 Å². The molecule has 1 N–H and O–H groups in total. The summed E-state index contributed by atoms with van der Waals surface area (Å²) in [7, 11) is 1.43. The van der Waals surface area contributed by atoms with Crippen molar-refractivity contribution >= 4 is 5.97 Å². The number of carbonyl (C=O) groups is 1. The Bertz CT molecular complexity index is 212. The fourth-order valence-electron chi connectivity index (χ4n) is 1.78. The smallest absolute Gasteiger partial charge is 0.305 e. The maximum atomic E-state index is 10.8. The molecule has 0 fully saturated rings. The van der Waals surface area contributed by atoms with Gasteiger partial charge in [-0.15, -0.1) is 0 Å². The summed E-state index contributed by atoms with van der Waals surface area (Å²) in [5.74, 6) is -0.119. The number of unbranched alkanes of at least 4 members (excludes halogenated alkanes) is 7. The molecule has 0 aromatic carbocycles. The molecule has 0 spiro atoms. The Balaban J connectivity index is 3.11. The molecule has 0 rings (SSSR count). The van der Waals surface area contributed by atoms with Crippen molar-refractivity contribution in [3.63, 3.8) is 0 Å². The van der Waals surface area contributed by atoms with Gasteiger partial charge in [-0.3, -0.25) is 4.79 Å². The average Bonchev–Trinajstić information content (AvgIpc) is 2.39. The minimum Gasteiger partial charge on any atom is -0.469 e. The third-order valence-electron chi connectivity index (χ3n) is 2.92. The molecule has 0 aromatic rings. The zero-order valence-corrected chi connectivity index (χ0v) is 11.7. The molecule has 0 radical (unpaired) electrons. The van der Waals surface area contributed by atoms with E-state index in [9.17, 15) is 4.79 Å². The standard InChI is InChI=1S/C15H28O3/c1-18-15(17)13-11-9-7-5-3-2-4-6-8-10-12-14-16/h5,7,16H,2-4,6,8-14H2,1H3/b7-5+.